The topological polar surface area (TPSA) is 93.1 Å². The number of aromatic nitrogens is 1. The summed E-state index contributed by atoms with van der Waals surface area (Å²) in [7, 11) is 1.57. The number of rotatable bonds is 10. The minimum absolute atomic E-state index is 0.0919. The van der Waals surface area contributed by atoms with Crippen LogP contribution < -0.4 is 14.9 Å². The summed E-state index contributed by atoms with van der Waals surface area (Å²) in [5, 5.41) is 4.07. The molecule has 1 fully saturated rings. The molecule has 0 aliphatic carbocycles. The molecule has 1 aliphatic heterocycles. The van der Waals surface area contributed by atoms with Gasteiger partial charge in [-0.15, -0.1) is 11.3 Å². The van der Waals surface area contributed by atoms with Crippen molar-refractivity contribution in [3.8, 4) is 11.5 Å². The fraction of sp³-hybridized carbons (Fsp3) is 0.267. The van der Waals surface area contributed by atoms with Crippen LogP contribution in [0.25, 0.3) is 10.2 Å². The van der Waals surface area contributed by atoms with Crippen LogP contribution in [0, 0.1) is 0 Å². The van der Waals surface area contributed by atoms with Crippen molar-refractivity contribution in [2.24, 2.45) is 5.10 Å². The third-order valence-electron chi connectivity index (χ3n) is 6.43. The summed E-state index contributed by atoms with van der Waals surface area (Å²) < 4.78 is 13.4. The maximum absolute atomic E-state index is 12.7. The van der Waals surface area contributed by atoms with E-state index in [2.05, 4.69) is 15.5 Å². The van der Waals surface area contributed by atoms with Crippen LogP contribution in [0.5, 0.6) is 11.5 Å². The normalized spacial score (nSPS) is 13.5. The predicted molar refractivity (Wildman–Crippen MR) is 160 cm³/mol. The number of benzene rings is 3. The summed E-state index contributed by atoms with van der Waals surface area (Å²) in [6, 6.07) is 20.9. The van der Waals surface area contributed by atoms with E-state index in [4.69, 9.17) is 9.47 Å². The second kappa shape index (κ2) is 13.5. The number of hydrogen-bond donors (Lipinski definition) is 1. The number of thioether (sulfide) groups is 1. The maximum Gasteiger partial charge on any atom is 0.253 e. The van der Waals surface area contributed by atoms with Crippen LogP contribution >= 0.6 is 23.1 Å². The molecule has 4 aromatic rings. The van der Waals surface area contributed by atoms with E-state index in [9.17, 15) is 9.59 Å². The first-order valence-electron chi connectivity index (χ1n) is 13.1. The van der Waals surface area contributed by atoms with Gasteiger partial charge in [-0.3, -0.25) is 9.59 Å². The zero-order chi connectivity index (χ0) is 27.7. The molecule has 1 N–H and O–H groups in total. The number of para-hydroxylation sites is 1. The van der Waals surface area contributed by atoms with E-state index in [1.54, 1.807) is 36.8 Å². The number of carbonyl (C=O) groups excluding carboxylic acids is 2. The minimum Gasteiger partial charge on any atom is -0.493 e. The number of piperidine rings is 1. The molecule has 3 aromatic carbocycles. The van der Waals surface area contributed by atoms with Gasteiger partial charge in [0.1, 0.15) is 6.61 Å². The predicted octanol–water partition coefficient (Wildman–Crippen LogP) is 5.75. The van der Waals surface area contributed by atoms with E-state index in [0.29, 0.717) is 23.7 Å². The monoisotopic (exact) mass is 574 g/mol. The van der Waals surface area contributed by atoms with E-state index in [1.165, 1.54) is 18.2 Å². The van der Waals surface area contributed by atoms with E-state index in [1.807, 2.05) is 59.5 Å². The van der Waals surface area contributed by atoms with Gasteiger partial charge < -0.3 is 14.4 Å². The summed E-state index contributed by atoms with van der Waals surface area (Å²) in [5.74, 6) is 1.24. The van der Waals surface area contributed by atoms with Gasteiger partial charge in [0, 0.05) is 18.7 Å². The van der Waals surface area contributed by atoms with Crippen molar-refractivity contribution in [1.29, 1.82) is 0 Å². The summed E-state index contributed by atoms with van der Waals surface area (Å²) >= 11 is 2.95. The minimum atomic E-state index is -0.212. The molecule has 8 nitrogen and oxygen atoms in total. The van der Waals surface area contributed by atoms with E-state index < -0.39 is 0 Å². The lowest BCUT2D eigenvalue weighted by atomic mass is 10.1. The number of amides is 2. The first-order valence-corrected chi connectivity index (χ1v) is 14.9. The Hall–Kier alpha value is -3.89. The Bertz CT molecular complexity index is 1460. The molecular weight excluding hydrogens is 544 g/mol. The van der Waals surface area contributed by atoms with Crippen molar-refractivity contribution in [2.45, 2.75) is 30.2 Å². The second-order valence-corrected chi connectivity index (χ2v) is 11.5. The van der Waals surface area contributed by atoms with Gasteiger partial charge >= 0.3 is 0 Å². The largest absolute Gasteiger partial charge is 0.493 e. The lowest BCUT2D eigenvalue weighted by Gasteiger charge is -2.26. The van der Waals surface area contributed by atoms with E-state index in [-0.39, 0.29) is 17.6 Å². The molecule has 0 spiro atoms. The van der Waals surface area contributed by atoms with Gasteiger partial charge in [-0.2, -0.15) is 5.10 Å². The molecule has 40 heavy (non-hydrogen) atoms. The third kappa shape index (κ3) is 7.19. The molecule has 2 heterocycles. The standard InChI is InChI=1S/C30H30N4O4S2/c1-37-26-17-22(18-31-33-28(35)20-39-30-32-24-7-3-4-8-27(24)40-30)11-14-25(26)38-19-21-9-12-23(13-10-21)29(36)34-15-5-2-6-16-34/h3-4,7-14,17-18H,2,5-6,15-16,19-20H2,1H3,(H,33,35)/b31-18+. The Morgan fingerprint density at radius 2 is 1.85 bits per heavy atom. The third-order valence-corrected chi connectivity index (χ3v) is 8.61. The van der Waals surface area contributed by atoms with Gasteiger partial charge in [0.25, 0.3) is 11.8 Å². The van der Waals surface area contributed by atoms with Crippen molar-refractivity contribution >= 4 is 51.3 Å². The van der Waals surface area contributed by atoms with Crippen LogP contribution in [0.4, 0.5) is 0 Å². The fourth-order valence-electron chi connectivity index (χ4n) is 4.32. The molecule has 0 atom stereocenters. The van der Waals surface area contributed by atoms with Gasteiger partial charge in [-0.1, -0.05) is 36.0 Å². The smallest absolute Gasteiger partial charge is 0.253 e. The molecule has 1 aromatic heterocycles. The Labute approximate surface area is 241 Å². The summed E-state index contributed by atoms with van der Waals surface area (Å²) in [5.41, 5.74) is 5.90. The Kier molecular flexibility index (Phi) is 9.30. The zero-order valence-corrected chi connectivity index (χ0v) is 23.8. The lowest BCUT2D eigenvalue weighted by Crippen LogP contribution is -2.35. The van der Waals surface area contributed by atoms with Crippen LogP contribution in [0.1, 0.15) is 40.7 Å². The number of fused-ring (bicyclic) bond motifs is 1. The number of nitrogens with one attached hydrogen (secondary N) is 1. The van der Waals surface area contributed by atoms with Crippen molar-refractivity contribution < 1.29 is 19.1 Å². The SMILES string of the molecule is COc1cc(/C=N/NC(=O)CSc2nc3ccccc3s2)ccc1OCc1ccc(C(=O)N2CCCCC2)cc1. The number of likely N-dealkylation sites (tertiary alicyclic amines) is 1. The number of hydrazone groups is 1. The summed E-state index contributed by atoms with van der Waals surface area (Å²) in [6.07, 6.45) is 4.90. The molecule has 0 radical (unpaired) electrons. The number of ether oxygens (including phenoxy) is 2. The van der Waals surface area contributed by atoms with Gasteiger partial charge in [0.05, 0.1) is 29.3 Å². The molecular formula is C30H30N4O4S2. The Balaban J connectivity index is 1.10. The van der Waals surface area contributed by atoms with Crippen LogP contribution in [-0.4, -0.2) is 53.9 Å². The molecule has 10 heteroatoms. The molecule has 0 saturated carbocycles. The van der Waals surface area contributed by atoms with Crippen LogP contribution in [-0.2, 0) is 11.4 Å². The molecule has 5 rings (SSSR count). The highest BCUT2D eigenvalue weighted by atomic mass is 32.2. The van der Waals surface area contributed by atoms with Crippen molar-refractivity contribution in [3.63, 3.8) is 0 Å². The average molecular weight is 575 g/mol. The van der Waals surface area contributed by atoms with E-state index in [0.717, 1.165) is 51.6 Å². The zero-order valence-electron chi connectivity index (χ0n) is 22.2. The quantitative estimate of drug-likeness (QED) is 0.147. The summed E-state index contributed by atoms with van der Waals surface area (Å²) in [6.45, 7) is 2.01. The fourth-order valence-corrected chi connectivity index (χ4v) is 6.18. The van der Waals surface area contributed by atoms with Crippen LogP contribution in [0.3, 0.4) is 0 Å². The number of methoxy groups -OCH3 is 1. The average Bonchev–Trinajstić information content (AvgIpc) is 3.43. The van der Waals surface area contributed by atoms with Gasteiger partial charge in [-0.05, 0) is 72.9 Å². The van der Waals surface area contributed by atoms with Crippen molar-refractivity contribution in [1.82, 2.24) is 15.3 Å². The molecule has 1 aliphatic rings. The molecule has 1 saturated heterocycles. The number of nitrogens with zero attached hydrogens (tertiary/aromatic N) is 3. The van der Waals surface area contributed by atoms with Gasteiger partial charge in [0.15, 0.2) is 15.8 Å². The van der Waals surface area contributed by atoms with Crippen molar-refractivity contribution in [3.05, 3.63) is 83.4 Å². The van der Waals surface area contributed by atoms with Crippen LogP contribution in [0.2, 0.25) is 0 Å². The molecule has 2 amide bonds. The molecule has 206 valence electrons. The number of thiazole rings is 1. The van der Waals surface area contributed by atoms with Gasteiger partial charge in [0.2, 0.25) is 0 Å². The molecule has 0 unspecified atom stereocenters. The highest BCUT2D eigenvalue weighted by molar-refractivity contribution is 8.01. The Morgan fingerprint density at radius 3 is 2.62 bits per heavy atom. The highest BCUT2D eigenvalue weighted by Crippen LogP contribution is 2.30. The highest BCUT2D eigenvalue weighted by Gasteiger charge is 2.18. The summed E-state index contributed by atoms with van der Waals surface area (Å²) in [4.78, 5) is 31.4. The molecule has 0 bridgehead atoms. The van der Waals surface area contributed by atoms with Crippen LogP contribution in [0.15, 0.2) is 76.2 Å². The first kappa shape index (κ1) is 27.7. The van der Waals surface area contributed by atoms with Crippen molar-refractivity contribution in [2.75, 3.05) is 26.0 Å². The lowest BCUT2D eigenvalue weighted by molar-refractivity contribution is -0.118. The number of carbonyl (C=O) groups is 2. The van der Waals surface area contributed by atoms with Gasteiger partial charge in [-0.25, -0.2) is 10.4 Å². The maximum atomic E-state index is 12.7. The first-order chi connectivity index (χ1) is 19.6. The second-order valence-electron chi connectivity index (χ2n) is 9.28. The van der Waals surface area contributed by atoms with E-state index >= 15 is 0 Å². The Morgan fingerprint density at radius 1 is 1.05 bits per heavy atom. The number of hydrogen-bond acceptors (Lipinski definition) is 8.